The van der Waals surface area contributed by atoms with E-state index in [1.54, 1.807) is 36.3 Å². The third kappa shape index (κ3) is 4.01. The van der Waals surface area contributed by atoms with Crippen molar-refractivity contribution in [3.63, 3.8) is 0 Å². The van der Waals surface area contributed by atoms with Gasteiger partial charge in [-0.15, -0.1) is 0 Å². The molecule has 0 unspecified atom stereocenters. The monoisotopic (exact) mass is 336 g/mol. The average molecular weight is 336 g/mol. The average Bonchev–Trinajstić information content (AvgIpc) is 2.69. The molecule has 2 aromatic carbocycles. The summed E-state index contributed by atoms with van der Waals surface area (Å²) in [6.45, 7) is 2.89. The Bertz CT molecular complexity index is 758. The van der Waals surface area contributed by atoms with Gasteiger partial charge in [-0.3, -0.25) is 0 Å². The lowest BCUT2D eigenvalue weighted by Gasteiger charge is -2.36. The van der Waals surface area contributed by atoms with Crippen molar-refractivity contribution in [3.8, 4) is 11.8 Å². The van der Waals surface area contributed by atoms with Crippen LogP contribution in [0.25, 0.3) is 0 Å². The maximum absolute atomic E-state index is 12.4. The van der Waals surface area contributed by atoms with Crippen molar-refractivity contribution >= 4 is 17.4 Å². The van der Waals surface area contributed by atoms with Crippen LogP contribution in [0.5, 0.6) is 5.75 Å². The van der Waals surface area contributed by atoms with Gasteiger partial charge in [-0.1, -0.05) is 0 Å². The Kier molecular flexibility index (Phi) is 5.05. The summed E-state index contributed by atoms with van der Waals surface area (Å²) < 4.78 is 5.18. The molecule has 1 saturated heterocycles. The molecule has 1 aliphatic heterocycles. The number of hydrogen-bond acceptors (Lipinski definition) is 4. The molecule has 2 amide bonds. The quantitative estimate of drug-likeness (QED) is 0.936. The van der Waals surface area contributed by atoms with Gasteiger partial charge in [0.2, 0.25) is 0 Å². The van der Waals surface area contributed by atoms with Crippen LogP contribution < -0.4 is 15.0 Å². The van der Waals surface area contributed by atoms with Crippen LogP contribution in [0.2, 0.25) is 0 Å². The normalized spacial score (nSPS) is 13.9. The van der Waals surface area contributed by atoms with E-state index in [-0.39, 0.29) is 6.03 Å². The number of anilines is 2. The second-order valence-corrected chi connectivity index (χ2v) is 5.79. The summed E-state index contributed by atoms with van der Waals surface area (Å²) in [5.41, 5.74) is 2.40. The lowest BCUT2D eigenvalue weighted by atomic mass is 10.2. The van der Waals surface area contributed by atoms with Crippen molar-refractivity contribution < 1.29 is 9.53 Å². The molecule has 6 nitrogen and oxygen atoms in total. The molecule has 1 heterocycles. The number of nitrogens with zero attached hydrogens (tertiary/aromatic N) is 3. The minimum atomic E-state index is -0.112. The molecule has 0 spiro atoms. The Morgan fingerprint density at radius 1 is 1.04 bits per heavy atom. The molecule has 0 atom stereocenters. The molecule has 0 aromatic heterocycles. The van der Waals surface area contributed by atoms with Gasteiger partial charge in [-0.2, -0.15) is 5.26 Å². The lowest BCUT2D eigenvalue weighted by Crippen LogP contribution is -2.50. The smallest absolute Gasteiger partial charge is 0.321 e. The first-order valence-corrected chi connectivity index (χ1v) is 8.14. The molecule has 6 heteroatoms. The highest BCUT2D eigenvalue weighted by Gasteiger charge is 2.21. The van der Waals surface area contributed by atoms with E-state index in [2.05, 4.69) is 16.3 Å². The van der Waals surface area contributed by atoms with E-state index in [0.29, 0.717) is 24.3 Å². The number of ether oxygens (including phenoxy) is 1. The van der Waals surface area contributed by atoms with Gasteiger partial charge >= 0.3 is 6.03 Å². The van der Waals surface area contributed by atoms with Crippen LogP contribution in [-0.4, -0.2) is 44.2 Å². The number of methoxy groups -OCH3 is 1. The highest BCUT2D eigenvalue weighted by Crippen LogP contribution is 2.20. The first-order chi connectivity index (χ1) is 12.2. The van der Waals surface area contributed by atoms with Crippen LogP contribution >= 0.6 is 0 Å². The number of piperazine rings is 1. The summed E-state index contributed by atoms with van der Waals surface area (Å²) in [6.07, 6.45) is 0. The number of carbonyl (C=O) groups excluding carboxylic acids is 1. The van der Waals surface area contributed by atoms with E-state index in [1.165, 1.54) is 0 Å². The second kappa shape index (κ2) is 7.58. The summed E-state index contributed by atoms with van der Waals surface area (Å²) in [4.78, 5) is 16.4. The maximum Gasteiger partial charge on any atom is 0.321 e. The van der Waals surface area contributed by atoms with Gasteiger partial charge in [0.25, 0.3) is 0 Å². The van der Waals surface area contributed by atoms with E-state index in [9.17, 15) is 4.79 Å². The third-order valence-electron chi connectivity index (χ3n) is 4.27. The fourth-order valence-corrected chi connectivity index (χ4v) is 2.79. The molecular formula is C19H20N4O2. The highest BCUT2D eigenvalue weighted by atomic mass is 16.5. The number of benzene rings is 2. The van der Waals surface area contributed by atoms with Gasteiger partial charge in [0.15, 0.2) is 0 Å². The molecule has 2 aromatic rings. The molecule has 0 bridgehead atoms. The zero-order valence-corrected chi connectivity index (χ0v) is 14.1. The Morgan fingerprint density at radius 3 is 2.24 bits per heavy atom. The van der Waals surface area contributed by atoms with Crippen molar-refractivity contribution in [3.05, 3.63) is 54.1 Å². The number of amides is 2. The second-order valence-electron chi connectivity index (χ2n) is 5.79. The maximum atomic E-state index is 12.4. The molecule has 3 rings (SSSR count). The van der Waals surface area contributed by atoms with E-state index >= 15 is 0 Å². The van der Waals surface area contributed by atoms with Crippen LogP contribution in [-0.2, 0) is 0 Å². The topological polar surface area (TPSA) is 68.6 Å². The van der Waals surface area contributed by atoms with Crippen LogP contribution in [0, 0.1) is 11.3 Å². The fourth-order valence-electron chi connectivity index (χ4n) is 2.79. The number of nitriles is 1. The number of rotatable bonds is 3. The SMILES string of the molecule is COc1ccc(N2CCN(C(=O)Nc3ccc(C#N)cc3)CC2)cc1. The van der Waals surface area contributed by atoms with E-state index in [4.69, 9.17) is 10.00 Å². The number of urea groups is 1. The standard InChI is InChI=1S/C19H20N4O2/c1-25-18-8-6-17(7-9-18)22-10-12-23(13-11-22)19(24)21-16-4-2-15(14-20)3-5-16/h2-9H,10-13H2,1H3,(H,21,24). The van der Waals surface area contributed by atoms with Gasteiger partial charge in [0, 0.05) is 37.6 Å². The predicted octanol–water partition coefficient (Wildman–Crippen LogP) is 2.92. The number of hydrogen-bond donors (Lipinski definition) is 1. The van der Waals surface area contributed by atoms with Gasteiger partial charge in [-0.25, -0.2) is 4.79 Å². The molecule has 0 aliphatic carbocycles. The number of nitrogens with one attached hydrogen (secondary N) is 1. The van der Waals surface area contributed by atoms with Crippen molar-refractivity contribution in [1.82, 2.24) is 4.90 Å². The Morgan fingerprint density at radius 2 is 1.68 bits per heavy atom. The Hall–Kier alpha value is -3.20. The molecule has 1 aliphatic rings. The van der Waals surface area contributed by atoms with Crippen LogP contribution in [0.3, 0.4) is 0 Å². The molecule has 128 valence electrons. The summed E-state index contributed by atoms with van der Waals surface area (Å²) >= 11 is 0. The van der Waals surface area contributed by atoms with E-state index in [1.807, 2.05) is 24.3 Å². The minimum absolute atomic E-state index is 0.112. The van der Waals surface area contributed by atoms with Crippen LogP contribution in [0.1, 0.15) is 5.56 Å². The first kappa shape index (κ1) is 16.7. The fraction of sp³-hybridized carbons (Fsp3) is 0.263. The van der Waals surface area contributed by atoms with Gasteiger partial charge in [0.05, 0.1) is 18.7 Å². The largest absolute Gasteiger partial charge is 0.497 e. The molecule has 25 heavy (non-hydrogen) atoms. The predicted molar refractivity (Wildman–Crippen MR) is 97.0 cm³/mol. The van der Waals surface area contributed by atoms with E-state index in [0.717, 1.165) is 24.5 Å². The molecular weight excluding hydrogens is 316 g/mol. The van der Waals surface area contributed by atoms with Gasteiger partial charge in [-0.05, 0) is 48.5 Å². The Balaban J connectivity index is 1.53. The first-order valence-electron chi connectivity index (χ1n) is 8.14. The molecule has 1 N–H and O–H groups in total. The summed E-state index contributed by atoms with van der Waals surface area (Å²) in [5.74, 6) is 0.837. The van der Waals surface area contributed by atoms with Gasteiger partial charge in [0.1, 0.15) is 5.75 Å². The van der Waals surface area contributed by atoms with Crippen LogP contribution in [0.4, 0.5) is 16.2 Å². The zero-order chi connectivity index (χ0) is 17.6. The van der Waals surface area contributed by atoms with Gasteiger partial charge < -0.3 is 19.9 Å². The van der Waals surface area contributed by atoms with Crippen molar-refractivity contribution in [2.75, 3.05) is 43.5 Å². The van der Waals surface area contributed by atoms with Crippen LogP contribution in [0.15, 0.2) is 48.5 Å². The van der Waals surface area contributed by atoms with Crippen molar-refractivity contribution in [1.29, 1.82) is 5.26 Å². The molecule has 0 radical (unpaired) electrons. The number of carbonyl (C=O) groups is 1. The van der Waals surface area contributed by atoms with Crippen molar-refractivity contribution in [2.45, 2.75) is 0 Å². The highest BCUT2D eigenvalue weighted by molar-refractivity contribution is 5.89. The summed E-state index contributed by atoms with van der Waals surface area (Å²) in [6, 6.07) is 16.8. The zero-order valence-electron chi connectivity index (χ0n) is 14.1. The molecule has 0 saturated carbocycles. The summed E-state index contributed by atoms with van der Waals surface area (Å²) in [7, 11) is 1.65. The van der Waals surface area contributed by atoms with Crippen molar-refractivity contribution in [2.24, 2.45) is 0 Å². The minimum Gasteiger partial charge on any atom is -0.497 e. The summed E-state index contributed by atoms with van der Waals surface area (Å²) in [5, 5.41) is 11.7. The lowest BCUT2D eigenvalue weighted by molar-refractivity contribution is 0.208. The molecule has 1 fully saturated rings. The third-order valence-corrected chi connectivity index (χ3v) is 4.27. The Labute approximate surface area is 147 Å². The van der Waals surface area contributed by atoms with E-state index < -0.39 is 0 Å².